The van der Waals surface area contributed by atoms with Gasteiger partial charge in [0.2, 0.25) is 5.95 Å². The standard InChI is InChI=1S/C28H24FN9O6/c1-11(13-3-5-14(6-4-13)27(43)44)34-26(42)18-9-17(36-24-23(31)37-28(32)38(18)24)25(41)33-10-12-2-7-15(29)16(8-12)35-20-19(30)21(39)22(20)40/h2-9,11,35H,10,30-31H2,1H3,(H2,32,37)(H,33,41)(H,34,42)(H,43,44)/t11-/m0/s1. The third-order valence-corrected chi connectivity index (χ3v) is 6.81. The molecule has 0 saturated heterocycles. The van der Waals surface area contributed by atoms with E-state index in [4.69, 9.17) is 22.3 Å². The Kier molecular flexibility index (Phi) is 7.40. The van der Waals surface area contributed by atoms with Crippen LogP contribution < -0.4 is 44.0 Å². The number of nitrogens with zero attached hydrogens (tertiary/aromatic N) is 3. The fourth-order valence-electron chi connectivity index (χ4n) is 4.40. The summed E-state index contributed by atoms with van der Waals surface area (Å²) in [7, 11) is 0. The Bertz CT molecular complexity index is 2050. The number of halogens is 1. The van der Waals surface area contributed by atoms with Crippen LogP contribution in [0, 0.1) is 5.82 Å². The van der Waals surface area contributed by atoms with E-state index in [1.807, 2.05) is 0 Å². The fourth-order valence-corrected chi connectivity index (χ4v) is 4.40. The van der Waals surface area contributed by atoms with Gasteiger partial charge in [-0.25, -0.2) is 14.2 Å². The van der Waals surface area contributed by atoms with Gasteiger partial charge in [-0.15, -0.1) is 0 Å². The minimum Gasteiger partial charge on any atom is -0.478 e. The molecule has 0 aliphatic carbocycles. The van der Waals surface area contributed by atoms with E-state index in [-0.39, 0.29) is 58.0 Å². The molecule has 0 radical (unpaired) electrons. The van der Waals surface area contributed by atoms with Gasteiger partial charge < -0.3 is 38.3 Å². The maximum absolute atomic E-state index is 14.4. The predicted molar refractivity (Wildman–Crippen MR) is 158 cm³/mol. The molecule has 0 saturated carbocycles. The number of hydrogen-bond acceptors (Lipinski definition) is 11. The summed E-state index contributed by atoms with van der Waals surface area (Å²) in [6.45, 7) is 1.56. The summed E-state index contributed by atoms with van der Waals surface area (Å²) in [6.07, 6.45) is 0. The summed E-state index contributed by atoms with van der Waals surface area (Å²) in [5, 5.41) is 17.0. The Morgan fingerprint density at radius 1 is 0.977 bits per heavy atom. The molecule has 0 spiro atoms. The van der Waals surface area contributed by atoms with E-state index < -0.39 is 40.5 Å². The molecule has 3 aromatic carbocycles. The lowest BCUT2D eigenvalue weighted by Crippen LogP contribution is -2.36. The summed E-state index contributed by atoms with van der Waals surface area (Å²) in [4.78, 5) is 68.9. The molecule has 224 valence electrons. The summed E-state index contributed by atoms with van der Waals surface area (Å²) in [5.74, 6) is -3.46. The molecule has 0 bridgehead atoms. The molecule has 5 aromatic rings. The highest BCUT2D eigenvalue weighted by atomic mass is 19.1. The van der Waals surface area contributed by atoms with Crippen LogP contribution in [0.15, 0.2) is 58.1 Å². The normalized spacial score (nSPS) is 11.8. The van der Waals surface area contributed by atoms with E-state index >= 15 is 0 Å². The molecule has 10 N–H and O–H groups in total. The number of rotatable bonds is 9. The van der Waals surface area contributed by atoms with Crippen LogP contribution in [0.3, 0.4) is 0 Å². The summed E-state index contributed by atoms with van der Waals surface area (Å²) in [5.41, 5.74) is 15.8. The number of nitrogen functional groups attached to an aromatic ring is 3. The summed E-state index contributed by atoms with van der Waals surface area (Å²) < 4.78 is 15.5. The summed E-state index contributed by atoms with van der Waals surface area (Å²) >= 11 is 0. The first-order valence-electron chi connectivity index (χ1n) is 12.9. The molecular formula is C28H24FN9O6. The van der Waals surface area contributed by atoms with Gasteiger partial charge in [0.15, 0.2) is 11.5 Å². The first-order chi connectivity index (χ1) is 20.8. The van der Waals surface area contributed by atoms with Gasteiger partial charge in [0.1, 0.15) is 28.6 Å². The second kappa shape index (κ2) is 11.2. The Morgan fingerprint density at radius 2 is 1.68 bits per heavy atom. The highest BCUT2D eigenvalue weighted by Crippen LogP contribution is 2.23. The van der Waals surface area contributed by atoms with Gasteiger partial charge in [0, 0.05) is 6.54 Å². The maximum Gasteiger partial charge on any atom is 0.335 e. The van der Waals surface area contributed by atoms with E-state index in [1.54, 1.807) is 19.1 Å². The fraction of sp³-hybridized carbons (Fsp3) is 0.107. The van der Waals surface area contributed by atoms with Crippen LogP contribution in [0.25, 0.3) is 5.65 Å². The highest BCUT2D eigenvalue weighted by molar-refractivity contribution is 5.99. The van der Waals surface area contributed by atoms with Gasteiger partial charge in [-0.3, -0.25) is 23.6 Å². The largest absolute Gasteiger partial charge is 0.478 e. The Hall–Kier alpha value is -6.32. The molecule has 2 aromatic heterocycles. The van der Waals surface area contributed by atoms with Crippen molar-refractivity contribution in [2.45, 2.75) is 19.5 Å². The molecule has 0 unspecified atom stereocenters. The number of aromatic nitrogens is 3. The van der Waals surface area contributed by atoms with Crippen molar-refractivity contribution in [3.8, 4) is 0 Å². The molecule has 0 fully saturated rings. The third kappa shape index (κ3) is 5.34. The van der Waals surface area contributed by atoms with Crippen LogP contribution in [0.4, 0.5) is 33.2 Å². The molecule has 5 rings (SSSR count). The smallest absolute Gasteiger partial charge is 0.335 e. The molecule has 15 nitrogen and oxygen atoms in total. The van der Waals surface area contributed by atoms with E-state index in [0.717, 1.165) is 6.07 Å². The molecule has 2 amide bonds. The van der Waals surface area contributed by atoms with Crippen molar-refractivity contribution in [2.75, 3.05) is 22.5 Å². The second-order valence-corrected chi connectivity index (χ2v) is 9.73. The number of nitrogens with one attached hydrogen (secondary N) is 3. The van der Waals surface area contributed by atoms with Crippen LogP contribution in [-0.2, 0) is 6.54 Å². The average molecular weight is 602 g/mol. The van der Waals surface area contributed by atoms with Crippen LogP contribution in [-0.4, -0.2) is 37.3 Å². The van der Waals surface area contributed by atoms with E-state index in [1.165, 1.54) is 34.7 Å². The van der Waals surface area contributed by atoms with Crippen molar-refractivity contribution in [2.24, 2.45) is 0 Å². The number of carboxylic acid groups (broad SMARTS) is 1. The number of anilines is 5. The SMILES string of the molecule is C[C@H](NC(=O)c1cc(C(=O)NCc2ccc(F)c(Nc3c(N)c(=O)c3=O)c2)nc2c(N)nc(N)n12)c1ccc(C(=O)O)cc1. The Balaban J connectivity index is 1.37. The molecule has 2 heterocycles. The van der Waals surface area contributed by atoms with Gasteiger partial charge >= 0.3 is 5.97 Å². The number of fused-ring (bicyclic) bond motifs is 1. The van der Waals surface area contributed by atoms with Gasteiger partial charge in [-0.05, 0) is 48.4 Å². The lowest BCUT2D eigenvalue weighted by Gasteiger charge is -2.16. The number of nitrogens with two attached hydrogens (primary N) is 3. The highest BCUT2D eigenvalue weighted by Gasteiger charge is 2.23. The van der Waals surface area contributed by atoms with Crippen molar-refractivity contribution in [1.82, 2.24) is 25.0 Å². The van der Waals surface area contributed by atoms with Crippen LogP contribution >= 0.6 is 0 Å². The zero-order chi connectivity index (χ0) is 31.9. The topological polar surface area (TPSA) is 250 Å². The van der Waals surface area contributed by atoms with Crippen molar-refractivity contribution < 1.29 is 23.9 Å². The van der Waals surface area contributed by atoms with E-state index in [0.29, 0.717) is 11.1 Å². The molecule has 44 heavy (non-hydrogen) atoms. The lowest BCUT2D eigenvalue weighted by atomic mass is 10.1. The molecule has 0 aliphatic heterocycles. The van der Waals surface area contributed by atoms with Crippen LogP contribution in [0.2, 0.25) is 0 Å². The zero-order valence-electron chi connectivity index (χ0n) is 22.8. The van der Waals surface area contributed by atoms with Gasteiger partial charge in [0.05, 0.1) is 17.3 Å². The number of carbonyl (C=O) groups excluding carboxylic acids is 2. The van der Waals surface area contributed by atoms with Crippen molar-refractivity contribution in [3.05, 3.63) is 103 Å². The lowest BCUT2D eigenvalue weighted by molar-refractivity contribution is 0.0696. The molecule has 1 atom stereocenters. The minimum absolute atomic E-state index is 0.0439. The third-order valence-electron chi connectivity index (χ3n) is 6.81. The van der Waals surface area contributed by atoms with Crippen molar-refractivity contribution >= 4 is 52.3 Å². The molecule has 16 heteroatoms. The summed E-state index contributed by atoms with van der Waals surface area (Å²) in [6, 6.07) is 10.4. The minimum atomic E-state index is -1.09. The second-order valence-electron chi connectivity index (χ2n) is 9.73. The maximum atomic E-state index is 14.4. The number of amides is 2. The van der Waals surface area contributed by atoms with Crippen LogP contribution in [0.5, 0.6) is 0 Å². The number of carbonyl (C=O) groups is 3. The Labute approximate surface area is 246 Å². The van der Waals surface area contributed by atoms with E-state index in [2.05, 4.69) is 25.9 Å². The number of carboxylic acids is 1. The number of hydrogen-bond donors (Lipinski definition) is 7. The first kappa shape index (κ1) is 29.2. The van der Waals surface area contributed by atoms with E-state index in [9.17, 15) is 28.4 Å². The van der Waals surface area contributed by atoms with Crippen molar-refractivity contribution in [3.63, 3.8) is 0 Å². The number of aromatic carboxylic acids is 1. The average Bonchev–Trinajstić information content (AvgIpc) is 3.31. The van der Waals surface area contributed by atoms with Gasteiger partial charge in [0.25, 0.3) is 22.7 Å². The number of imidazole rings is 1. The first-order valence-corrected chi connectivity index (χ1v) is 12.9. The quantitative estimate of drug-likeness (QED) is 0.117. The molecule has 0 aliphatic rings. The molecular weight excluding hydrogens is 577 g/mol. The monoisotopic (exact) mass is 601 g/mol. The van der Waals surface area contributed by atoms with Crippen LogP contribution in [0.1, 0.15) is 55.4 Å². The Morgan fingerprint density at radius 3 is 2.34 bits per heavy atom. The van der Waals surface area contributed by atoms with Crippen molar-refractivity contribution in [1.29, 1.82) is 0 Å². The zero-order valence-corrected chi connectivity index (χ0v) is 22.8. The predicted octanol–water partition coefficient (Wildman–Crippen LogP) is 1.07. The van der Waals surface area contributed by atoms with Gasteiger partial charge in [-0.1, -0.05) is 18.2 Å². The number of benzene rings is 2. The van der Waals surface area contributed by atoms with Gasteiger partial charge in [-0.2, -0.15) is 4.98 Å².